The van der Waals surface area contributed by atoms with Crippen LogP contribution in [-0.2, 0) is 0 Å². The van der Waals surface area contributed by atoms with Gasteiger partial charge in [-0.15, -0.1) is 0 Å². The molecule has 1 aromatic heterocycles. The number of hydrogen-bond acceptors (Lipinski definition) is 4. The molecule has 0 aromatic carbocycles. The van der Waals surface area contributed by atoms with Crippen LogP contribution in [0.2, 0.25) is 0 Å². The summed E-state index contributed by atoms with van der Waals surface area (Å²) in [6.45, 7) is 0. The van der Waals surface area contributed by atoms with Gasteiger partial charge in [-0.2, -0.15) is 5.26 Å². The second-order valence-electron chi connectivity index (χ2n) is 1.70. The molecule has 1 N–H and O–H groups in total. The molecule has 0 amide bonds. The third kappa shape index (κ3) is 1.27. The average Bonchev–Trinajstić information content (AvgIpc) is 2.05. The van der Waals surface area contributed by atoms with E-state index in [9.17, 15) is 0 Å². The molecule has 4 nitrogen and oxygen atoms in total. The average molecular weight is 135 g/mol. The van der Waals surface area contributed by atoms with Crippen molar-refractivity contribution in [1.29, 1.82) is 5.26 Å². The molecule has 0 saturated heterocycles. The molecule has 10 heavy (non-hydrogen) atoms. The smallest absolute Gasteiger partial charge is 0.168 e. The van der Waals surface area contributed by atoms with Crippen LogP contribution in [0.4, 0.5) is 0 Å². The van der Waals surface area contributed by atoms with Gasteiger partial charge < -0.3 is 5.11 Å². The molecule has 0 bridgehead atoms. The van der Waals surface area contributed by atoms with Crippen LogP contribution in [0.25, 0.3) is 0 Å². The normalized spacial score (nSPS) is 12.0. The molecule has 1 atom stereocenters. The molecule has 0 aliphatic carbocycles. The minimum atomic E-state index is -1.11. The van der Waals surface area contributed by atoms with Crippen molar-refractivity contribution in [3.05, 3.63) is 24.3 Å². The van der Waals surface area contributed by atoms with Gasteiger partial charge in [0, 0.05) is 18.0 Å². The SMILES string of the molecule is N#CC(O)c1cncnc1. The highest BCUT2D eigenvalue weighted by atomic mass is 16.3. The van der Waals surface area contributed by atoms with Crippen LogP contribution in [0.15, 0.2) is 18.7 Å². The van der Waals surface area contributed by atoms with Gasteiger partial charge in [0.1, 0.15) is 6.33 Å². The molecule has 1 unspecified atom stereocenters. The summed E-state index contributed by atoms with van der Waals surface area (Å²) < 4.78 is 0. The van der Waals surface area contributed by atoms with E-state index in [2.05, 4.69) is 9.97 Å². The van der Waals surface area contributed by atoms with Crippen molar-refractivity contribution < 1.29 is 5.11 Å². The Balaban J connectivity index is 2.88. The predicted octanol–water partition coefficient (Wildman–Crippen LogP) is 0.0336. The maximum Gasteiger partial charge on any atom is 0.168 e. The summed E-state index contributed by atoms with van der Waals surface area (Å²) >= 11 is 0. The Morgan fingerprint density at radius 1 is 1.50 bits per heavy atom. The number of nitriles is 1. The van der Waals surface area contributed by atoms with E-state index in [1.54, 1.807) is 6.07 Å². The van der Waals surface area contributed by atoms with Crippen LogP contribution >= 0.6 is 0 Å². The highest BCUT2D eigenvalue weighted by molar-refractivity contribution is 5.13. The monoisotopic (exact) mass is 135 g/mol. The van der Waals surface area contributed by atoms with Gasteiger partial charge in [0.05, 0.1) is 6.07 Å². The van der Waals surface area contributed by atoms with Crippen LogP contribution in [0.5, 0.6) is 0 Å². The Morgan fingerprint density at radius 2 is 2.10 bits per heavy atom. The van der Waals surface area contributed by atoms with E-state index in [-0.39, 0.29) is 0 Å². The van der Waals surface area contributed by atoms with Gasteiger partial charge in [-0.1, -0.05) is 0 Å². The quantitative estimate of drug-likeness (QED) is 0.551. The molecule has 50 valence electrons. The van der Waals surface area contributed by atoms with Gasteiger partial charge >= 0.3 is 0 Å². The summed E-state index contributed by atoms with van der Waals surface area (Å²) in [7, 11) is 0. The number of rotatable bonds is 1. The van der Waals surface area contributed by atoms with Gasteiger partial charge in [0.25, 0.3) is 0 Å². The second-order valence-corrected chi connectivity index (χ2v) is 1.70. The van der Waals surface area contributed by atoms with E-state index in [0.717, 1.165) is 0 Å². The fourth-order valence-corrected chi connectivity index (χ4v) is 0.526. The largest absolute Gasteiger partial charge is 0.374 e. The lowest BCUT2D eigenvalue weighted by atomic mass is 10.2. The van der Waals surface area contributed by atoms with Crippen LogP contribution in [0.1, 0.15) is 11.7 Å². The van der Waals surface area contributed by atoms with Crippen LogP contribution in [0, 0.1) is 11.3 Å². The minimum Gasteiger partial charge on any atom is -0.374 e. The van der Waals surface area contributed by atoms with Crippen LogP contribution in [-0.4, -0.2) is 15.1 Å². The van der Waals surface area contributed by atoms with E-state index in [0.29, 0.717) is 5.56 Å². The Hall–Kier alpha value is -1.47. The lowest BCUT2D eigenvalue weighted by Crippen LogP contribution is -1.94. The number of aromatic nitrogens is 2. The highest BCUT2D eigenvalue weighted by Crippen LogP contribution is 2.06. The molecular formula is C6H5N3O. The van der Waals surface area contributed by atoms with Crippen molar-refractivity contribution in [3.8, 4) is 6.07 Å². The zero-order chi connectivity index (χ0) is 7.40. The van der Waals surface area contributed by atoms with Crippen molar-refractivity contribution in [1.82, 2.24) is 9.97 Å². The van der Waals surface area contributed by atoms with Crippen molar-refractivity contribution in [2.45, 2.75) is 6.10 Å². The van der Waals surface area contributed by atoms with Gasteiger partial charge in [0.15, 0.2) is 6.10 Å². The van der Waals surface area contributed by atoms with Gasteiger partial charge in [-0.3, -0.25) is 0 Å². The molecule has 0 aliphatic rings. The lowest BCUT2D eigenvalue weighted by molar-refractivity contribution is 0.235. The lowest BCUT2D eigenvalue weighted by Gasteiger charge is -1.96. The van der Waals surface area contributed by atoms with Crippen LogP contribution in [0.3, 0.4) is 0 Å². The summed E-state index contributed by atoms with van der Waals surface area (Å²) in [5, 5.41) is 17.1. The molecule has 0 fully saturated rings. The molecule has 0 radical (unpaired) electrons. The Morgan fingerprint density at radius 3 is 2.60 bits per heavy atom. The summed E-state index contributed by atoms with van der Waals surface area (Å²) in [4.78, 5) is 7.26. The molecule has 0 spiro atoms. The Kier molecular flexibility index (Phi) is 1.92. The first-order valence-corrected chi connectivity index (χ1v) is 2.67. The number of nitrogens with zero attached hydrogens (tertiary/aromatic N) is 3. The molecule has 0 saturated carbocycles. The zero-order valence-corrected chi connectivity index (χ0v) is 5.10. The van der Waals surface area contributed by atoms with Gasteiger partial charge in [-0.05, 0) is 0 Å². The first-order chi connectivity index (χ1) is 4.84. The van der Waals surface area contributed by atoms with Crippen molar-refractivity contribution in [2.75, 3.05) is 0 Å². The molecule has 4 heteroatoms. The third-order valence-corrected chi connectivity index (χ3v) is 1.02. The Labute approximate surface area is 57.8 Å². The first-order valence-electron chi connectivity index (χ1n) is 2.67. The van der Waals surface area contributed by atoms with Gasteiger partial charge in [-0.25, -0.2) is 9.97 Å². The summed E-state index contributed by atoms with van der Waals surface area (Å²) in [5.74, 6) is 0. The fourth-order valence-electron chi connectivity index (χ4n) is 0.526. The third-order valence-electron chi connectivity index (χ3n) is 1.02. The van der Waals surface area contributed by atoms with E-state index in [4.69, 9.17) is 10.4 Å². The zero-order valence-electron chi connectivity index (χ0n) is 5.10. The molecular weight excluding hydrogens is 130 g/mol. The first kappa shape index (κ1) is 6.65. The fraction of sp³-hybridized carbons (Fsp3) is 0.167. The number of aliphatic hydroxyl groups is 1. The van der Waals surface area contributed by atoms with E-state index < -0.39 is 6.10 Å². The van der Waals surface area contributed by atoms with Gasteiger partial charge in [0.2, 0.25) is 0 Å². The summed E-state index contributed by atoms with van der Waals surface area (Å²) in [5.41, 5.74) is 0.421. The standard InChI is InChI=1S/C6H5N3O/c7-1-6(10)5-2-8-4-9-3-5/h2-4,6,10H. The molecule has 1 heterocycles. The maximum absolute atomic E-state index is 8.89. The summed E-state index contributed by atoms with van der Waals surface area (Å²) in [6, 6.07) is 1.66. The Bertz CT molecular complexity index is 241. The van der Waals surface area contributed by atoms with Crippen molar-refractivity contribution in [3.63, 3.8) is 0 Å². The van der Waals surface area contributed by atoms with E-state index in [1.165, 1.54) is 18.7 Å². The highest BCUT2D eigenvalue weighted by Gasteiger charge is 2.03. The predicted molar refractivity (Wildman–Crippen MR) is 32.6 cm³/mol. The van der Waals surface area contributed by atoms with E-state index in [1.807, 2.05) is 0 Å². The minimum absolute atomic E-state index is 0.421. The maximum atomic E-state index is 8.89. The number of aliphatic hydroxyl groups excluding tert-OH is 1. The number of hydrogen-bond donors (Lipinski definition) is 1. The van der Waals surface area contributed by atoms with Crippen molar-refractivity contribution >= 4 is 0 Å². The topological polar surface area (TPSA) is 69.8 Å². The molecule has 1 rings (SSSR count). The van der Waals surface area contributed by atoms with Crippen molar-refractivity contribution in [2.24, 2.45) is 0 Å². The summed E-state index contributed by atoms with van der Waals surface area (Å²) in [6.07, 6.45) is 3.04. The molecule has 0 aliphatic heterocycles. The van der Waals surface area contributed by atoms with E-state index >= 15 is 0 Å². The molecule has 1 aromatic rings. The second kappa shape index (κ2) is 2.90. The van der Waals surface area contributed by atoms with Crippen LogP contribution < -0.4 is 0 Å².